The van der Waals surface area contributed by atoms with E-state index in [1.807, 2.05) is 19.1 Å². The van der Waals surface area contributed by atoms with Crippen LogP contribution in [0.25, 0.3) is 0 Å². The van der Waals surface area contributed by atoms with Crippen molar-refractivity contribution >= 4 is 11.7 Å². The quantitative estimate of drug-likeness (QED) is 0.857. The van der Waals surface area contributed by atoms with Crippen LogP contribution < -0.4 is 10.2 Å². The largest absolute Gasteiger partial charge is 0.481 e. The predicted molar refractivity (Wildman–Crippen MR) is 71.8 cm³/mol. The zero-order valence-corrected chi connectivity index (χ0v) is 10.9. The predicted octanol–water partition coefficient (Wildman–Crippen LogP) is 1.85. The third kappa shape index (κ3) is 2.82. The summed E-state index contributed by atoms with van der Waals surface area (Å²) in [5.74, 6) is -0.746. The smallest absolute Gasteiger partial charge is 0.305 e. The molecule has 2 rings (SSSR count). The van der Waals surface area contributed by atoms with Gasteiger partial charge in [0.1, 0.15) is 0 Å². The van der Waals surface area contributed by atoms with Gasteiger partial charge in [-0.25, -0.2) is 0 Å². The molecule has 0 amide bonds. The van der Waals surface area contributed by atoms with Crippen molar-refractivity contribution in [2.24, 2.45) is 0 Å². The Balaban J connectivity index is 2.29. The number of benzene rings is 1. The average Bonchev–Trinajstić information content (AvgIpc) is 2.49. The molecule has 2 unspecified atom stereocenters. The molecule has 4 nitrogen and oxygen atoms in total. The molecule has 1 aliphatic rings. The van der Waals surface area contributed by atoms with Crippen LogP contribution in [0.15, 0.2) is 24.3 Å². The number of rotatable bonds is 3. The molecule has 18 heavy (non-hydrogen) atoms. The van der Waals surface area contributed by atoms with Crippen molar-refractivity contribution in [3.8, 4) is 0 Å². The molecule has 1 heterocycles. The van der Waals surface area contributed by atoms with Gasteiger partial charge in [0.05, 0.1) is 6.42 Å². The minimum Gasteiger partial charge on any atom is -0.481 e. The van der Waals surface area contributed by atoms with Crippen LogP contribution in [0.1, 0.15) is 25.8 Å². The van der Waals surface area contributed by atoms with Gasteiger partial charge in [-0.15, -0.1) is 0 Å². The van der Waals surface area contributed by atoms with Crippen LogP contribution in [0.5, 0.6) is 0 Å². The highest BCUT2D eigenvalue weighted by molar-refractivity contribution is 5.69. The Kier molecular flexibility index (Phi) is 3.87. The number of carbonyl (C=O) groups is 1. The molecule has 4 heteroatoms. The van der Waals surface area contributed by atoms with Crippen molar-refractivity contribution in [1.29, 1.82) is 0 Å². The van der Waals surface area contributed by atoms with E-state index in [0.29, 0.717) is 6.04 Å². The van der Waals surface area contributed by atoms with Gasteiger partial charge in [-0.1, -0.05) is 18.2 Å². The Labute approximate surface area is 108 Å². The molecule has 98 valence electrons. The fourth-order valence-electron chi connectivity index (χ4n) is 2.46. The first kappa shape index (κ1) is 12.9. The summed E-state index contributed by atoms with van der Waals surface area (Å²) < 4.78 is 0. The number of hydrogen-bond acceptors (Lipinski definition) is 3. The third-order valence-corrected chi connectivity index (χ3v) is 3.41. The highest BCUT2D eigenvalue weighted by Gasteiger charge is 2.23. The number of carboxylic acids is 1. The molecule has 0 fully saturated rings. The first-order valence-electron chi connectivity index (χ1n) is 6.37. The van der Waals surface area contributed by atoms with E-state index < -0.39 is 5.97 Å². The Morgan fingerprint density at radius 2 is 2.28 bits per heavy atom. The lowest BCUT2D eigenvalue weighted by molar-refractivity contribution is -0.137. The number of carboxylic acid groups (broad SMARTS) is 1. The summed E-state index contributed by atoms with van der Waals surface area (Å²) >= 11 is 0. The molecular formula is C14H20N2O2. The molecule has 0 bridgehead atoms. The summed E-state index contributed by atoms with van der Waals surface area (Å²) in [5.41, 5.74) is 2.39. The zero-order chi connectivity index (χ0) is 13.1. The summed E-state index contributed by atoms with van der Waals surface area (Å²) in [5, 5.41) is 12.4. The van der Waals surface area contributed by atoms with Crippen molar-refractivity contribution in [3.05, 3.63) is 29.8 Å². The van der Waals surface area contributed by atoms with Crippen molar-refractivity contribution < 1.29 is 9.90 Å². The molecule has 1 aromatic rings. The van der Waals surface area contributed by atoms with E-state index in [2.05, 4.69) is 29.3 Å². The maximum absolute atomic E-state index is 10.9. The number of hydrogen-bond donors (Lipinski definition) is 2. The normalized spacial score (nSPS) is 21.0. The Bertz CT molecular complexity index is 434. The van der Waals surface area contributed by atoms with E-state index in [9.17, 15) is 4.79 Å². The number of para-hydroxylation sites is 1. The van der Waals surface area contributed by atoms with E-state index in [1.54, 1.807) is 0 Å². The minimum atomic E-state index is -0.746. The standard InChI is InChI=1S/C14H20N2O2/c1-10-9-16(11(2)7-14(17)18)13-6-4-3-5-12(13)8-15-10/h3-6,10-11,15H,7-9H2,1-2H3,(H,17,18). The van der Waals surface area contributed by atoms with Gasteiger partial charge in [-0.05, 0) is 25.5 Å². The van der Waals surface area contributed by atoms with Crippen LogP contribution in [0.4, 0.5) is 5.69 Å². The average molecular weight is 248 g/mol. The first-order chi connectivity index (χ1) is 8.58. The van der Waals surface area contributed by atoms with Gasteiger partial charge < -0.3 is 15.3 Å². The van der Waals surface area contributed by atoms with Gasteiger partial charge >= 0.3 is 5.97 Å². The molecule has 0 aromatic heterocycles. The van der Waals surface area contributed by atoms with Crippen LogP contribution >= 0.6 is 0 Å². The Hall–Kier alpha value is -1.55. The lowest BCUT2D eigenvalue weighted by atomic mass is 10.1. The van der Waals surface area contributed by atoms with E-state index in [4.69, 9.17) is 5.11 Å². The van der Waals surface area contributed by atoms with Crippen LogP contribution in [0.2, 0.25) is 0 Å². The van der Waals surface area contributed by atoms with Gasteiger partial charge in [0, 0.05) is 30.9 Å². The number of nitrogens with one attached hydrogen (secondary N) is 1. The molecular weight excluding hydrogens is 228 g/mol. The second kappa shape index (κ2) is 5.40. The second-order valence-electron chi connectivity index (χ2n) is 5.01. The van der Waals surface area contributed by atoms with Crippen molar-refractivity contribution in [2.45, 2.75) is 38.9 Å². The highest BCUT2D eigenvalue weighted by Crippen LogP contribution is 2.26. The zero-order valence-electron chi connectivity index (χ0n) is 10.9. The third-order valence-electron chi connectivity index (χ3n) is 3.41. The minimum absolute atomic E-state index is 0.00556. The molecule has 1 aliphatic heterocycles. The highest BCUT2D eigenvalue weighted by atomic mass is 16.4. The maximum atomic E-state index is 10.9. The lowest BCUT2D eigenvalue weighted by Crippen LogP contribution is -2.41. The molecule has 0 saturated heterocycles. The molecule has 0 aliphatic carbocycles. The van der Waals surface area contributed by atoms with E-state index in [1.165, 1.54) is 5.56 Å². The van der Waals surface area contributed by atoms with Gasteiger partial charge in [-0.2, -0.15) is 0 Å². The van der Waals surface area contributed by atoms with Gasteiger partial charge in [0.25, 0.3) is 0 Å². The van der Waals surface area contributed by atoms with E-state index in [0.717, 1.165) is 18.8 Å². The van der Waals surface area contributed by atoms with Gasteiger partial charge in [-0.3, -0.25) is 4.79 Å². The van der Waals surface area contributed by atoms with E-state index in [-0.39, 0.29) is 12.5 Å². The van der Waals surface area contributed by atoms with Gasteiger partial charge in [0.2, 0.25) is 0 Å². The maximum Gasteiger partial charge on any atom is 0.305 e. The molecule has 0 spiro atoms. The van der Waals surface area contributed by atoms with Crippen molar-refractivity contribution in [1.82, 2.24) is 5.32 Å². The number of fused-ring (bicyclic) bond motifs is 1. The van der Waals surface area contributed by atoms with Gasteiger partial charge in [0.15, 0.2) is 0 Å². The van der Waals surface area contributed by atoms with Crippen molar-refractivity contribution in [3.63, 3.8) is 0 Å². The van der Waals surface area contributed by atoms with E-state index >= 15 is 0 Å². The molecule has 0 radical (unpaired) electrons. The molecule has 2 N–H and O–H groups in total. The lowest BCUT2D eigenvalue weighted by Gasteiger charge is -2.31. The van der Waals surface area contributed by atoms with Crippen LogP contribution in [0, 0.1) is 0 Å². The van der Waals surface area contributed by atoms with Crippen LogP contribution in [0.3, 0.4) is 0 Å². The number of nitrogens with zero attached hydrogens (tertiary/aromatic N) is 1. The SMILES string of the molecule is CC1CN(C(C)CC(=O)O)c2ccccc2CN1. The summed E-state index contributed by atoms with van der Waals surface area (Å²) in [6.07, 6.45) is 0.168. The molecule has 0 saturated carbocycles. The Morgan fingerprint density at radius 1 is 1.56 bits per heavy atom. The van der Waals surface area contributed by atoms with Crippen molar-refractivity contribution in [2.75, 3.05) is 11.4 Å². The topological polar surface area (TPSA) is 52.6 Å². The second-order valence-corrected chi connectivity index (χ2v) is 5.01. The molecule has 1 aromatic carbocycles. The molecule has 2 atom stereocenters. The number of aliphatic carboxylic acids is 1. The fourth-order valence-corrected chi connectivity index (χ4v) is 2.46. The summed E-state index contributed by atoms with van der Waals surface area (Å²) in [6, 6.07) is 8.57. The first-order valence-corrected chi connectivity index (χ1v) is 6.37. The fraction of sp³-hybridized carbons (Fsp3) is 0.500. The Morgan fingerprint density at radius 3 is 3.00 bits per heavy atom. The van der Waals surface area contributed by atoms with Crippen LogP contribution in [-0.2, 0) is 11.3 Å². The van der Waals surface area contributed by atoms with Crippen LogP contribution in [-0.4, -0.2) is 29.7 Å². The summed E-state index contributed by atoms with van der Waals surface area (Å²) in [4.78, 5) is 13.1. The number of anilines is 1. The monoisotopic (exact) mass is 248 g/mol. The summed E-state index contributed by atoms with van der Waals surface area (Å²) in [7, 11) is 0. The summed E-state index contributed by atoms with van der Waals surface area (Å²) in [6.45, 7) is 5.79.